The number of aliphatic hydroxyl groups excluding tert-OH is 1. The van der Waals surface area contributed by atoms with Crippen molar-refractivity contribution in [3.05, 3.63) is 35.7 Å². The molecule has 20 heavy (non-hydrogen) atoms. The lowest BCUT2D eigenvalue weighted by molar-refractivity contribution is 0.289. The van der Waals surface area contributed by atoms with Crippen LogP contribution in [0.5, 0.6) is 0 Å². The minimum absolute atomic E-state index is 0.0925. The van der Waals surface area contributed by atoms with Crippen molar-refractivity contribution in [2.24, 2.45) is 0 Å². The monoisotopic (exact) mass is 275 g/mol. The van der Waals surface area contributed by atoms with Gasteiger partial charge in [-0.3, -0.25) is 0 Å². The molecule has 0 fully saturated rings. The van der Waals surface area contributed by atoms with E-state index in [1.165, 1.54) is 5.56 Å². The number of aromatic nitrogens is 2. The predicted octanol–water partition coefficient (Wildman–Crippen LogP) is 2.12. The summed E-state index contributed by atoms with van der Waals surface area (Å²) in [6.07, 6.45) is 0. The van der Waals surface area contributed by atoms with Crippen molar-refractivity contribution < 1.29 is 9.52 Å². The topological polar surface area (TPSA) is 71.2 Å². The predicted molar refractivity (Wildman–Crippen MR) is 77.2 cm³/mol. The van der Waals surface area contributed by atoms with Crippen LogP contribution in [0.1, 0.15) is 32.2 Å². The van der Waals surface area contributed by atoms with Crippen LogP contribution in [0, 0.1) is 0 Å². The zero-order valence-electron chi connectivity index (χ0n) is 12.2. The number of hydrogen-bond donors (Lipinski definition) is 2. The Balaban J connectivity index is 2.08. The largest absolute Gasteiger partial charge is 0.419 e. The normalized spacial score (nSPS) is 11.8. The van der Waals surface area contributed by atoms with E-state index in [2.05, 4.69) is 48.4 Å². The summed E-state index contributed by atoms with van der Waals surface area (Å²) in [5.41, 5.74) is 2.32. The maximum absolute atomic E-state index is 8.69. The van der Waals surface area contributed by atoms with Crippen LogP contribution in [0.15, 0.2) is 28.7 Å². The van der Waals surface area contributed by atoms with Gasteiger partial charge in [-0.2, -0.15) is 0 Å². The lowest BCUT2D eigenvalue weighted by atomic mass is 9.87. The Hall–Kier alpha value is -1.72. The van der Waals surface area contributed by atoms with Crippen LogP contribution in [-0.4, -0.2) is 28.5 Å². The Kier molecular flexibility index (Phi) is 4.52. The zero-order chi connectivity index (χ0) is 14.6. The Morgan fingerprint density at radius 2 is 1.85 bits per heavy atom. The lowest BCUT2D eigenvalue weighted by Gasteiger charge is -2.18. The van der Waals surface area contributed by atoms with Gasteiger partial charge in [0.2, 0.25) is 11.8 Å². The fourth-order valence-electron chi connectivity index (χ4n) is 1.83. The molecule has 0 bridgehead atoms. The van der Waals surface area contributed by atoms with E-state index in [9.17, 15) is 0 Å². The van der Waals surface area contributed by atoms with E-state index in [-0.39, 0.29) is 12.0 Å². The van der Waals surface area contributed by atoms with Crippen molar-refractivity contribution in [3.63, 3.8) is 0 Å². The minimum Gasteiger partial charge on any atom is -0.419 e. The molecule has 0 amide bonds. The highest BCUT2D eigenvalue weighted by Crippen LogP contribution is 2.25. The molecule has 1 aromatic heterocycles. The molecule has 108 valence electrons. The third-order valence-corrected chi connectivity index (χ3v) is 3.03. The van der Waals surface area contributed by atoms with Crippen LogP contribution in [0.4, 0.5) is 0 Å². The van der Waals surface area contributed by atoms with Gasteiger partial charge in [-0.15, -0.1) is 10.2 Å². The molecule has 0 atom stereocenters. The SMILES string of the molecule is CC(C)(C)c1ccc(-c2nnc(CNCCO)o2)cc1. The van der Waals surface area contributed by atoms with E-state index in [0.717, 1.165) is 5.56 Å². The van der Waals surface area contributed by atoms with Gasteiger partial charge in [0.05, 0.1) is 13.2 Å². The van der Waals surface area contributed by atoms with Crippen LogP contribution in [-0.2, 0) is 12.0 Å². The van der Waals surface area contributed by atoms with Gasteiger partial charge in [-0.05, 0) is 23.1 Å². The van der Waals surface area contributed by atoms with Crippen molar-refractivity contribution in [2.45, 2.75) is 32.7 Å². The molecule has 0 radical (unpaired) electrons. The first-order valence-corrected chi connectivity index (χ1v) is 6.75. The number of hydrogen-bond acceptors (Lipinski definition) is 5. The molecule has 0 spiro atoms. The van der Waals surface area contributed by atoms with Gasteiger partial charge in [0.25, 0.3) is 0 Å². The molecular formula is C15H21N3O2. The number of nitrogens with one attached hydrogen (secondary N) is 1. The second-order valence-electron chi connectivity index (χ2n) is 5.73. The number of nitrogens with zero attached hydrogens (tertiary/aromatic N) is 2. The first kappa shape index (κ1) is 14.7. The van der Waals surface area contributed by atoms with Gasteiger partial charge in [0.1, 0.15) is 0 Å². The molecule has 0 saturated carbocycles. The summed E-state index contributed by atoms with van der Waals surface area (Å²) >= 11 is 0. The standard InChI is InChI=1S/C15H21N3O2/c1-15(2,3)12-6-4-11(5-7-12)14-18-17-13(20-14)10-16-8-9-19/h4-7,16,19H,8-10H2,1-3H3. The van der Waals surface area contributed by atoms with Gasteiger partial charge < -0.3 is 14.8 Å². The molecule has 0 saturated heterocycles. The Bertz CT molecular complexity index is 541. The van der Waals surface area contributed by atoms with E-state index >= 15 is 0 Å². The highest BCUT2D eigenvalue weighted by molar-refractivity contribution is 5.53. The van der Waals surface area contributed by atoms with Crippen molar-refractivity contribution >= 4 is 0 Å². The molecule has 1 aromatic carbocycles. The van der Waals surface area contributed by atoms with Crippen molar-refractivity contribution in [3.8, 4) is 11.5 Å². The molecule has 0 aliphatic heterocycles. The Morgan fingerprint density at radius 1 is 1.15 bits per heavy atom. The summed E-state index contributed by atoms with van der Waals surface area (Å²) in [6.45, 7) is 7.61. The highest BCUT2D eigenvalue weighted by atomic mass is 16.4. The molecule has 5 nitrogen and oxygen atoms in total. The van der Waals surface area contributed by atoms with Crippen LogP contribution in [0.2, 0.25) is 0 Å². The van der Waals surface area contributed by atoms with Crippen LogP contribution >= 0.6 is 0 Å². The molecule has 2 rings (SSSR count). The molecule has 0 unspecified atom stereocenters. The maximum atomic E-state index is 8.69. The second-order valence-corrected chi connectivity index (χ2v) is 5.73. The summed E-state index contributed by atoms with van der Waals surface area (Å²) in [5.74, 6) is 1.04. The van der Waals surface area contributed by atoms with Gasteiger partial charge in [-0.25, -0.2) is 0 Å². The summed E-state index contributed by atoms with van der Waals surface area (Å²) in [7, 11) is 0. The van der Waals surface area contributed by atoms with E-state index in [0.29, 0.717) is 24.9 Å². The van der Waals surface area contributed by atoms with Crippen molar-refractivity contribution in [2.75, 3.05) is 13.2 Å². The highest BCUT2D eigenvalue weighted by Gasteiger charge is 2.14. The Morgan fingerprint density at radius 3 is 2.45 bits per heavy atom. The summed E-state index contributed by atoms with van der Waals surface area (Å²) in [5, 5.41) is 19.7. The molecule has 5 heteroatoms. The quantitative estimate of drug-likeness (QED) is 0.818. The minimum atomic E-state index is 0.0925. The van der Waals surface area contributed by atoms with Gasteiger partial charge in [0, 0.05) is 12.1 Å². The molecule has 1 heterocycles. The first-order chi connectivity index (χ1) is 9.50. The van der Waals surface area contributed by atoms with E-state index in [1.54, 1.807) is 0 Å². The van der Waals surface area contributed by atoms with Crippen LogP contribution in [0.3, 0.4) is 0 Å². The zero-order valence-corrected chi connectivity index (χ0v) is 12.2. The number of aliphatic hydroxyl groups is 1. The third-order valence-electron chi connectivity index (χ3n) is 3.03. The van der Waals surface area contributed by atoms with Crippen LogP contribution in [0.25, 0.3) is 11.5 Å². The van der Waals surface area contributed by atoms with E-state index < -0.39 is 0 Å². The first-order valence-electron chi connectivity index (χ1n) is 6.75. The average molecular weight is 275 g/mol. The van der Waals surface area contributed by atoms with Crippen molar-refractivity contribution in [1.82, 2.24) is 15.5 Å². The molecule has 2 N–H and O–H groups in total. The summed E-state index contributed by atoms with van der Waals surface area (Å²) in [6, 6.07) is 8.17. The lowest BCUT2D eigenvalue weighted by Crippen LogP contribution is -2.17. The number of benzene rings is 1. The van der Waals surface area contributed by atoms with Gasteiger partial charge >= 0.3 is 0 Å². The Labute approximate surface area is 119 Å². The summed E-state index contributed by atoms with van der Waals surface area (Å²) in [4.78, 5) is 0. The van der Waals surface area contributed by atoms with Gasteiger partial charge in [-0.1, -0.05) is 32.9 Å². The summed E-state index contributed by atoms with van der Waals surface area (Å²) < 4.78 is 5.58. The molecular weight excluding hydrogens is 254 g/mol. The second kappa shape index (κ2) is 6.15. The van der Waals surface area contributed by atoms with E-state index in [1.807, 2.05) is 12.1 Å². The van der Waals surface area contributed by atoms with E-state index in [4.69, 9.17) is 9.52 Å². The van der Waals surface area contributed by atoms with Gasteiger partial charge in [0.15, 0.2) is 0 Å². The molecule has 0 aliphatic carbocycles. The van der Waals surface area contributed by atoms with Crippen LogP contribution < -0.4 is 5.32 Å². The molecule has 2 aromatic rings. The third kappa shape index (κ3) is 3.65. The smallest absolute Gasteiger partial charge is 0.247 e. The average Bonchev–Trinajstić information content (AvgIpc) is 2.87. The van der Waals surface area contributed by atoms with Crippen molar-refractivity contribution in [1.29, 1.82) is 0 Å². The molecule has 0 aliphatic rings. The maximum Gasteiger partial charge on any atom is 0.247 e. The fourth-order valence-corrected chi connectivity index (χ4v) is 1.83. The number of rotatable bonds is 5. The fraction of sp³-hybridized carbons (Fsp3) is 0.467.